The molecule has 1 aliphatic rings. The van der Waals surface area contributed by atoms with E-state index in [4.69, 9.17) is 18.9 Å². The van der Waals surface area contributed by atoms with Crippen molar-refractivity contribution in [1.82, 2.24) is 0 Å². The first kappa shape index (κ1) is 25.0. The molecule has 4 aromatic carbocycles. The summed E-state index contributed by atoms with van der Waals surface area (Å²) < 4.78 is 25.6. The minimum atomic E-state index is -0.341. The zero-order chi connectivity index (χ0) is 25.1. The van der Waals surface area contributed by atoms with Crippen molar-refractivity contribution in [2.75, 3.05) is 6.61 Å². The number of hydrogen-bond acceptors (Lipinski definition) is 4. The topological polar surface area (TPSA) is 36.9 Å². The Hall–Kier alpha value is -3.70. The first-order chi connectivity index (χ1) is 18.3. The van der Waals surface area contributed by atoms with Gasteiger partial charge in [-0.25, -0.2) is 0 Å². The van der Waals surface area contributed by atoms with E-state index < -0.39 is 0 Å². The van der Waals surface area contributed by atoms with Crippen molar-refractivity contribution in [3.63, 3.8) is 0 Å². The molecule has 1 aliphatic heterocycles. The Labute approximate surface area is 219 Å². The van der Waals surface area contributed by atoms with Crippen LogP contribution < -0.4 is 0 Å². The molecule has 1 heterocycles. The average Bonchev–Trinajstić information content (AvgIpc) is 2.97. The van der Waals surface area contributed by atoms with Gasteiger partial charge in [-0.15, -0.1) is 0 Å². The lowest BCUT2D eigenvalue weighted by molar-refractivity contribution is -0.141. The molecule has 0 unspecified atom stereocenters. The van der Waals surface area contributed by atoms with E-state index >= 15 is 0 Å². The predicted molar refractivity (Wildman–Crippen MR) is 145 cm³/mol. The third-order valence-electron chi connectivity index (χ3n) is 6.31. The van der Waals surface area contributed by atoms with E-state index in [0.29, 0.717) is 26.4 Å². The van der Waals surface area contributed by atoms with E-state index in [1.807, 2.05) is 91.0 Å². The standard InChI is InChI=1S/C33H32O4/c1-5-13-26(14-6-1)22-34-25-32-33(36-24-28-17-9-3-10-18-28)31(35-23-27-15-7-2-8-16-27)21-30(37-32)29-19-11-4-12-20-29/h1-21,31-33H,22-25H2/t31-,32+,33-/m1/s1. The molecule has 0 saturated heterocycles. The molecular formula is C33H32O4. The molecular weight excluding hydrogens is 460 g/mol. The first-order valence-corrected chi connectivity index (χ1v) is 12.7. The largest absolute Gasteiger partial charge is 0.485 e. The zero-order valence-electron chi connectivity index (χ0n) is 20.8. The van der Waals surface area contributed by atoms with Gasteiger partial charge in [0.05, 0.1) is 26.4 Å². The molecule has 0 N–H and O–H groups in total. The van der Waals surface area contributed by atoms with Crippen LogP contribution in [-0.4, -0.2) is 24.9 Å². The van der Waals surface area contributed by atoms with Gasteiger partial charge < -0.3 is 18.9 Å². The smallest absolute Gasteiger partial charge is 0.151 e. The van der Waals surface area contributed by atoms with E-state index in [0.717, 1.165) is 28.0 Å². The summed E-state index contributed by atoms with van der Waals surface area (Å²) in [5, 5.41) is 0. The third-order valence-corrected chi connectivity index (χ3v) is 6.31. The highest BCUT2D eigenvalue weighted by atomic mass is 16.6. The van der Waals surface area contributed by atoms with Gasteiger partial charge in [0, 0.05) is 5.56 Å². The number of benzene rings is 4. The Morgan fingerprint density at radius 3 is 1.59 bits per heavy atom. The van der Waals surface area contributed by atoms with Gasteiger partial charge in [0.25, 0.3) is 0 Å². The quantitative estimate of drug-likeness (QED) is 0.230. The third kappa shape index (κ3) is 7.17. The van der Waals surface area contributed by atoms with Crippen molar-refractivity contribution in [1.29, 1.82) is 0 Å². The number of hydrogen-bond donors (Lipinski definition) is 0. The maximum Gasteiger partial charge on any atom is 0.151 e. The monoisotopic (exact) mass is 492 g/mol. The van der Waals surface area contributed by atoms with Gasteiger partial charge in [0.2, 0.25) is 0 Å². The molecule has 3 atom stereocenters. The molecule has 0 aliphatic carbocycles. The minimum absolute atomic E-state index is 0.307. The molecule has 0 aromatic heterocycles. The molecule has 188 valence electrons. The Bertz CT molecular complexity index is 1230. The zero-order valence-corrected chi connectivity index (χ0v) is 20.8. The second-order valence-corrected chi connectivity index (χ2v) is 9.08. The Balaban J connectivity index is 1.38. The Morgan fingerprint density at radius 2 is 1.03 bits per heavy atom. The maximum absolute atomic E-state index is 6.52. The van der Waals surface area contributed by atoms with E-state index in [1.165, 1.54) is 0 Å². The van der Waals surface area contributed by atoms with Crippen LogP contribution in [0.5, 0.6) is 0 Å². The van der Waals surface area contributed by atoms with E-state index in [2.05, 4.69) is 36.4 Å². The van der Waals surface area contributed by atoms with Crippen molar-refractivity contribution < 1.29 is 18.9 Å². The number of ether oxygens (including phenoxy) is 4. The van der Waals surface area contributed by atoms with Crippen molar-refractivity contribution >= 4 is 5.76 Å². The minimum Gasteiger partial charge on any atom is -0.485 e. The summed E-state index contributed by atoms with van der Waals surface area (Å²) in [6, 6.07) is 40.7. The SMILES string of the molecule is C1=C(c2ccccc2)O[C@@H](COCc2ccccc2)[C@H](OCc2ccccc2)[C@@H]1OCc1ccccc1. The molecule has 0 amide bonds. The molecule has 0 fully saturated rings. The molecule has 4 nitrogen and oxygen atoms in total. The van der Waals surface area contributed by atoms with Gasteiger partial charge in [0.15, 0.2) is 6.10 Å². The van der Waals surface area contributed by atoms with Crippen LogP contribution in [0.25, 0.3) is 5.76 Å². The summed E-state index contributed by atoms with van der Waals surface area (Å²) in [7, 11) is 0. The lowest BCUT2D eigenvalue weighted by Crippen LogP contribution is -2.46. The maximum atomic E-state index is 6.52. The van der Waals surface area contributed by atoms with Crippen LogP contribution in [0, 0.1) is 0 Å². The van der Waals surface area contributed by atoms with Gasteiger partial charge >= 0.3 is 0 Å². The molecule has 5 rings (SSSR count). The van der Waals surface area contributed by atoms with E-state index in [1.54, 1.807) is 0 Å². The van der Waals surface area contributed by atoms with Crippen LogP contribution in [0.3, 0.4) is 0 Å². The summed E-state index contributed by atoms with van der Waals surface area (Å²) in [5.41, 5.74) is 4.34. The highest BCUT2D eigenvalue weighted by molar-refractivity contribution is 5.61. The molecule has 0 bridgehead atoms. The molecule has 0 spiro atoms. The summed E-state index contributed by atoms with van der Waals surface area (Å²) in [6.07, 6.45) is 1.06. The highest BCUT2D eigenvalue weighted by Crippen LogP contribution is 2.30. The van der Waals surface area contributed by atoms with Crippen LogP contribution in [0.15, 0.2) is 127 Å². The van der Waals surface area contributed by atoms with Crippen LogP contribution in [0.4, 0.5) is 0 Å². The molecule has 0 saturated carbocycles. The van der Waals surface area contributed by atoms with Crippen LogP contribution in [0.2, 0.25) is 0 Å². The van der Waals surface area contributed by atoms with Gasteiger partial charge in [-0.2, -0.15) is 0 Å². The fraction of sp³-hybridized carbons (Fsp3) is 0.212. The van der Waals surface area contributed by atoms with E-state index in [9.17, 15) is 0 Å². The fourth-order valence-electron chi connectivity index (χ4n) is 4.37. The first-order valence-electron chi connectivity index (χ1n) is 12.7. The van der Waals surface area contributed by atoms with Crippen molar-refractivity contribution in [2.45, 2.75) is 38.1 Å². The Morgan fingerprint density at radius 1 is 0.541 bits per heavy atom. The van der Waals surface area contributed by atoms with Crippen molar-refractivity contribution in [3.05, 3.63) is 150 Å². The summed E-state index contributed by atoms with van der Waals surface area (Å²) in [6.45, 7) is 1.83. The Kier molecular flexibility index (Phi) is 8.79. The molecule has 4 aromatic rings. The van der Waals surface area contributed by atoms with Gasteiger partial charge in [-0.05, 0) is 22.8 Å². The van der Waals surface area contributed by atoms with Gasteiger partial charge in [0.1, 0.15) is 18.0 Å². The summed E-state index contributed by atoms with van der Waals surface area (Å²) in [4.78, 5) is 0. The second-order valence-electron chi connectivity index (χ2n) is 9.08. The molecule has 4 heteroatoms. The van der Waals surface area contributed by atoms with Gasteiger partial charge in [-0.3, -0.25) is 0 Å². The predicted octanol–water partition coefficient (Wildman–Crippen LogP) is 6.81. The second kappa shape index (κ2) is 13.0. The normalized spacial score (nSPS) is 19.1. The van der Waals surface area contributed by atoms with Crippen molar-refractivity contribution in [2.24, 2.45) is 0 Å². The molecule has 37 heavy (non-hydrogen) atoms. The van der Waals surface area contributed by atoms with Crippen LogP contribution >= 0.6 is 0 Å². The van der Waals surface area contributed by atoms with Gasteiger partial charge in [-0.1, -0.05) is 121 Å². The van der Waals surface area contributed by atoms with Crippen LogP contribution in [-0.2, 0) is 38.8 Å². The number of rotatable bonds is 11. The summed E-state index contributed by atoms with van der Waals surface area (Å²) >= 11 is 0. The highest BCUT2D eigenvalue weighted by Gasteiger charge is 2.37. The lowest BCUT2D eigenvalue weighted by atomic mass is 10.0. The fourth-order valence-corrected chi connectivity index (χ4v) is 4.37. The average molecular weight is 493 g/mol. The lowest BCUT2D eigenvalue weighted by Gasteiger charge is -2.37. The molecule has 0 radical (unpaired) electrons. The summed E-state index contributed by atoms with van der Waals surface area (Å²) in [5.74, 6) is 0.784. The van der Waals surface area contributed by atoms with Crippen molar-refractivity contribution in [3.8, 4) is 0 Å². The van der Waals surface area contributed by atoms with E-state index in [-0.39, 0.29) is 18.3 Å². The van der Waals surface area contributed by atoms with Crippen LogP contribution in [0.1, 0.15) is 22.3 Å².